The first-order valence-electron chi connectivity index (χ1n) is 2.93. The van der Waals surface area contributed by atoms with E-state index in [0.717, 1.165) is 0 Å². The smallest absolute Gasteiger partial charge is 0.143 e. The molecule has 0 saturated heterocycles. The molecule has 1 rings (SSSR count). The van der Waals surface area contributed by atoms with Crippen molar-refractivity contribution in [1.82, 2.24) is 0 Å². The summed E-state index contributed by atoms with van der Waals surface area (Å²) >= 11 is 2.99. The third-order valence-corrected chi connectivity index (χ3v) is 2.10. The molecule has 0 aliphatic heterocycles. The highest BCUT2D eigenvalue weighted by atomic mass is 79.9. The van der Waals surface area contributed by atoms with Gasteiger partial charge in [-0.1, -0.05) is 0 Å². The first-order valence-corrected chi connectivity index (χ1v) is 3.73. The van der Waals surface area contributed by atoms with E-state index in [9.17, 15) is 4.39 Å². The number of nitrogens with two attached hydrogens (primary N) is 1. The molecule has 0 aromatic heterocycles. The summed E-state index contributed by atoms with van der Waals surface area (Å²) in [7, 11) is 1.46. The molecular formula is C7H7BrFNO. The van der Waals surface area contributed by atoms with Gasteiger partial charge in [0, 0.05) is 12.1 Å². The Labute approximate surface area is 72.3 Å². The van der Waals surface area contributed by atoms with Crippen LogP contribution in [-0.4, -0.2) is 7.11 Å². The summed E-state index contributed by atoms with van der Waals surface area (Å²) in [6, 6.07) is 2.81. The molecule has 4 heteroatoms. The lowest BCUT2D eigenvalue weighted by molar-refractivity contribution is 0.411. The zero-order valence-corrected chi connectivity index (χ0v) is 7.48. The number of rotatable bonds is 1. The largest absolute Gasteiger partial charge is 0.497 e. The fourth-order valence-corrected chi connectivity index (χ4v) is 0.931. The van der Waals surface area contributed by atoms with Crippen molar-refractivity contribution in [1.29, 1.82) is 0 Å². The van der Waals surface area contributed by atoms with Gasteiger partial charge in [0.25, 0.3) is 0 Å². The maximum absolute atomic E-state index is 12.8. The Bertz CT molecular complexity index is 254. The summed E-state index contributed by atoms with van der Waals surface area (Å²) in [5.74, 6) is 0.00468. The monoisotopic (exact) mass is 219 g/mol. The van der Waals surface area contributed by atoms with Crippen LogP contribution in [0.2, 0.25) is 0 Å². The van der Waals surface area contributed by atoms with Gasteiger partial charge in [-0.05, 0) is 15.9 Å². The van der Waals surface area contributed by atoms with Crippen molar-refractivity contribution in [2.24, 2.45) is 0 Å². The molecule has 0 bridgehead atoms. The molecule has 0 unspecified atom stereocenters. The van der Waals surface area contributed by atoms with Crippen LogP contribution in [0.3, 0.4) is 0 Å². The van der Waals surface area contributed by atoms with Crippen LogP contribution in [-0.2, 0) is 0 Å². The second-order valence-electron chi connectivity index (χ2n) is 2.01. The highest BCUT2D eigenvalue weighted by Gasteiger charge is 2.05. The van der Waals surface area contributed by atoms with Crippen molar-refractivity contribution in [2.45, 2.75) is 0 Å². The highest BCUT2D eigenvalue weighted by molar-refractivity contribution is 9.10. The molecule has 0 spiro atoms. The molecule has 60 valence electrons. The van der Waals surface area contributed by atoms with Crippen LogP contribution in [0.4, 0.5) is 10.1 Å². The zero-order chi connectivity index (χ0) is 8.43. The maximum Gasteiger partial charge on any atom is 0.143 e. The molecule has 0 aliphatic rings. The maximum atomic E-state index is 12.8. The normalized spacial score (nSPS) is 9.73. The van der Waals surface area contributed by atoms with Crippen LogP contribution in [0.15, 0.2) is 16.6 Å². The minimum atomic E-state index is -0.415. The number of nitrogen functional groups attached to an aromatic ring is 1. The van der Waals surface area contributed by atoms with E-state index in [-0.39, 0.29) is 4.47 Å². The predicted octanol–water partition coefficient (Wildman–Crippen LogP) is 2.18. The molecule has 1 aromatic rings. The third kappa shape index (κ3) is 1.63. The van der Waals surface area contributed by atoms with Crippen molar-refractivity contribution in [3.63, 3.8) is 0 Å². The van der Waals surface area contributed by atoms with E-state index in [2.05, 4.69) is 15.9 Å². The molecule has 0 radical (unpaired) electrons. The Morgan fingerprint density at radius 3 is 2.64 bits per heavy atom. The third-order valence-electron chi connectivity index (χ3n) is 1.27. The summed E-state index contributed by atoms with van der Waals surface area (Å²) < 4.78 is 17.9. The summed E-state index contributed by atoms with van der Waals surface area (Å²) in [6.07, 6.45) is 0. The molecule has 2 nitrogen and oxygen atoms in total. The van der Waals surface area contributed by atoms with Gasteiger partial charge in [0.05, 0.1) is 17.3 Å². The number of ether oxygens (including phenoxy) is 1. The molecule has 11 heavy (non-hydrogen) atoms. The minimum Gasteiger partial charge on any atom is -0.497 e. The van der Waals surface area contributed by atoms with E-state index < -0.39 is 5.82 Å². The Morgan fingerprint density at radius 1 is 1.55 bits per heavy atom. The first-order chi connectivity index (χ1) is 5.15. The van der Waals surface area contributed by atoms with Crippen LogP contribution in [0.25, 0.3) is 0 Å². The molecule has 1 aromatic carbocycles. The molecule has 0 heterocycles. The van der Waals surface area contributed by atoms with Gasteiger partial charge in [-0.3, -0.25) is 0 Å². The quantitative estimate of drug-likeness (QED) is 0.736. The molecular weight excluding hydrogens is 213 g/mol. The predicted molar refractivity (Wildman–Crippen MR) is 45.1 cm³/mol. The molecule has 0 aliphatic carbocycles. The van der Waals surface area contributed by atoms with Crippen LogP contribution in [0.5, 0.6) is 5.75 Å². The highest BCUT2D eigenvalue weighted by Crippen LogP contribution is 2.27. The first kappa shape index (κ1) is 8.33. The number of hydrogen-bond donors (Lipinski definition) is 1. The summed E-state index contributed by atoms with van der Waals surface area (Å²) in [5.41, 5.74) is 5.77. The number of methoxy groups -OCH3 is 1. The molecule has 0 atom stereocenters. The van der Waals surface area contributed by atoms with Crippen molar-refractivity contribution in [3.05, 3.63) is 22.4 Å². The van der Waals surface area contributed by atoms with Gasteiger partial charge in [0.15, 0.2) is 0 Å². The SMILES string of the molecule is COc1cc(N)c(Br)c(F)c1. The van der Waals surface area contributed by atoms with Gasteiger partial charge in [-0.25, -0.2) is 4.39 Å². The summed E-state index contributed by atoms with van der Waals surface area (Å²) in [5, 5.41) is 0. The van der Waals surface area contributed by atoms with Crippen LogP contribution >= 0.6 is 15.9 Å². The number of halogens is 2. The van der Waals surface area contributed by atoms with Crippen molar-refractivity contribution in [3.8, 4) is 5.75 Å². The van der Waals surface area contributed by atoms with E-state index in [4.69, 9.17) is 10.5 Å². The van der Waals surface area contributed by atoms with Crippen LogP contribution in [0, 0.1) is 5.82 Å². The van der Waals surface area contributed by atoms with E-state index in [1.165, 1.54) is 13.2 Å². The van der Waals surface area contributed by atoms with Gasteiger partial charge in [0.1, 0.15) is 11.6 Å². The summed E-state index contributed by atoms with van der Waals surface area (Å²) in [4.78, 5) is 0. The number of benzene rings is 1. The standard InChI is InChI=1S/C7H7BrFNO/c1-11-4-2-5(9)7(8)6(10)3-4/h2-3H,10H2,1H3. The van der Waals surface area contributed by atoms with E-state index >= 15 is 0 Å². The zero-order valence-electron chi connectivity index (χ0n) is 5.90. The molecule has 0 amide bonds. The topological polar surface area (TPSA) is 35.2 Å². The van der Waals surface area contributed by atoms with Crippen LogP contribution in [0.1, 0.15) is 0 Å². The number of anilines is 1. The van der Waals surface area contributed by atoms with Gasteiger partial charge in [0.2, 0.25) is 0 Å². The van der Waals surface area contributed by atoms with Gasteiger partial charge >= 0.3 is 0 Å². The Kier molecular flexibility index (Phi) is 2.34. The van der Waals surface area contributed by atoms with Crippen molar-refractivity contribution in [2.75, 3.05) is 12.8 Å². The second kappa shape index (κ2) is 3.09. The average Bonchev–Trinajstić information content (AvgIpc) is 1.99. The minimum absolute atomic E-state index is 0.276. The van der Waals surface area contributed by atoms with E-state index in [1.54, 1.807) is 6.07 Å². The van der Waals surface area contributed by atoms with Crippen LogP contribution < -0.4 is 10.5 Å². The lowest BCUT2D eigenvalue weighted by Crippen LogP contribution is -1.92. The Hall–Kier alpha value is -0.770. The van der Waals surface area contributed by atoms with E-state index in [1.807, 2.05) is 0 Å². The van der Waals surface area contributed by atoms with Gasteiger partial charge in [-0.15, -0.1) is 0 Å². The molecule has 0 fully saturated rings. The lowest BCUT2D eigenvalue weighted by Gasteiger charge is -2.03. The van der Waals surface area contributed by atoms with Crippen molar-refractivity contribution < 1.29 is 9.13 Å². The second-order valence-corrected chi connectivity index (χ2v) is 2.81. The van der Waals surface area contributed by atoms with E-state index in [0.29, 0.717) is 11.4 Å². The molecule has 2 N–H and O–H groups in total. The van der Waals surface area contributed by atoms with Gasteiger partial charge < -0.3 is 10.5 Å². The summed E-state index contributed by atoms with van der Waals surface area (Å²) in [6.45, 7) is 0. The Morgan fingerprint density at radius 2 is 2.18 bits per heavy atom. The van der Waals surface area contributed by atoms with Gasteiger partial charge in [-0.2, -0.15) is 0 Å². The lowest BCUT2D eigenvalue weighted by atomic mass is 10.3. The number of hydrogen-bond acceptors (Lipinski definition) is 2. The van der Waals surface area contributed by atoms with Crippen molar-refractivity contribution >= 4 is 21.6 Å². The fourth-order valence-electron chi connectivity index (χ4n) is 0.702. The molecule has 0 saturated carbocycles. The average molecular weight is 220 g/mol. The Balaban J connectivity index is 3.21. The fraction of sp³-hybridized carbons (Fsp3) is 0.143.